The zero-order chi connectivity index (χ0) is 40.8. The Morgan fingerprint density at radius 1 is 0.368 bits per heavy atom. The van der Waals surface area contributed by atoms with Gasteiger partial charge in [0.25, 0.3) is 0 Å². The van der Waals surface area contributed by atoms with Crippen LogP contribution in [0.3, 0.4) is 0 Å². The molecule has 3 nitrogen and oxygen atoms in total. The summed E-state index contributed by atoms with van der Waals surface area (Å²) in [6.07, 6.45) is 73.0. The molecule has 0 N–H and O–H groups in total. The number of carbonyl (C=O) groups excluding carboxylic acids is 2. The summed E-state index contributed by atoms with van der Waals surface area (Å²) in [6, 6.07) is 0. The Kier molecular flexibility index (Phi) is 43.0. The van der Waals surface area contributed by atoms with Gasteiger partial charge in [-0.2, -0.15) is 0 Å². The van der Waals surface area contributed by atoms with Gasteiger partial charge in [0.2, 0.25) is 0 Å². The van der Waals surface area contributed by atoms with Gasteiger partial charge in [-0.3, -0.25) is 9.59 Å². The Labute approximate surface area is 357 Å². The monoisotopic (exact) mass is 797 g/mol. The van der Waals surface area contributed by atoms with Gasteiger partial charge in [-0.15, -0.1) is 0 Å². The zero-order valence-electron chi connectivity index (χ0n) is 38.6. The maximum Gasteiger partial charge on any atom is 0.321 e. The van der Waals surface area contributed by atoms with Crippen molar-refractivity contribution in [3.63, 3.8) is 0 Å². The topological polar surface area (TPSA) is 43.4 Å². The van der Waals surface area contributed by atoms with Gasteiger partial charge in [0.05, 0.1) is 12.3 Å². The molecule has 1 aliphatic heterocycles. The third-order valence-corrected chi connectivity index (χ3v) is 12.7. The third kappa shape index (κ3) is 41.2. The highest BCUT2D eigenvalue weighted by Gasteiger charge is 2.30. The maximum absolute atomic E-state index is 11.4. The predicted octanol–water partition coefficient (Wildman–Crippen LogP) is 18.8. The molecule has 1 aliphatic rings. The van der Waals surface area contributed by atoms with E-state index < -0.39 is 11.9 Å². The number of hydrogen-bond donors (Lipinski definition) is 0. The van der Waals surface area contributed by atoms with Gasteiger partial charge in [0.15, 0.2) is 0 Å². The second-order valence-electron chi connectivity index (χ2n) is 18.4. The summed E-state index contributed by atoms with van der Waals surface area (Å²) < 4.78 is 4.56. The first-order valence-electron chi connectivity index (χ1n) is 26.3. The van der Waals surface area contributed by atoms with Gasteiger partial charge in [-0.1, -0.05) is 307 Å². The lowest BCUT2D eigenvalue weighted by molar-refractivity contribution is -0.152. The zero-order valence-corrected chi connectivity index (χ0v) is 38.6. The van der Waals surface area contributed by atoms with Crippen LogP contribution in [-0.4, -0.2) is 11.9 Å². The average molecular weight is 797 g/mol. The highest BCUT2D eigenvalue weighted by molar-refractivity contribution is 5.95. The predicted molar refractivity (Wildman–Crippen MR) is 251 cm³/mol. The lowest BCUT2D eigenvalue weighted by Gasteiger charge is -2.05. The number of unbranched alkanes of at least 4 members (excludes halogenated alkanes) is 44. The first-order valence-corrected chi connectivity index (χ1v) is 26.3. The maximum atomic E-state index is 11.4. The Morgan fingerprint density at radius 3 is 0.842 bits per heavy atom. The molecule has 57 heavy (non-hydrogen) atoms. The second kappa shape index (κ2) is 45.7. The summed E-state index contributed by atoms with van der Waals surface area (Å²) in [5, 5.41) is 0. The van der Waals surface area contributed by atoms with E-state index in [2.05, 4.69) is 17.7 Å². The van der Waals surface area contributed by atoms with Crippen LogP contribution in [0, 0.1) is 5.92 Å². The fraction of sp³-hybridized carbons (Fsp3) is 0.889. The van der Waals surface area contributed by atoms with E-state index in [0.29, 0.717) is 0 Å². The Balaban J connectivity index is 1.62. The molecular weight excluding hydrogens is 697 g/mol. The van der Waals surface area contributed by atoms with Crippen LogP contribution >= 0.6 is 0 Å². The standard InChI is InChI=1S/C54H100O3/c1-2-3-4-5-6-7-8-9-10-11-12-13-14-15-16-17-18-19-20-21-22-23-24-25-26-27-28-29-30-31-32-33-34-35-36-37-38-39-40-41-42-43-44-45-46-47-48-49-50-52-51-53(55)57-54(52)56/h47-50,52H,2-46,51H2,1H3. The molecule has 1 unspecified atom stereocenters. The molecule has 0 bridgehead atoms. The molecule has 0 saturated carbocycles. The lowest BCUT2D eigenvalue weighted by atomic mass is 10.0. The van der Waals surface area contributed by atoms with Crippen molar-refractivity contribution in [2.24, 2.45) is 5.92 Å². The minimum Gasteiger partial charge on any atom is -0.393 e. The van der Waals surface area contributed by atoms with Crippen molar-refractivity contribution in [2.45, 2.75) is 302 Å². The molecule has 0 radical (unpaired) electrons. The van der Waals surface area contributed by atoms with Crippen LogP contribution in [0.1, 0.15) is 302 Å². The Morgan fingerprint density at radius 2 is 0.614 bits per heavy atom. The molecule has 1 rings (SSSR count). The lowest BCUT2D eigenvalue weighted by Crippen LogP contribution is -2.03. The van der Waals surface area contributed by atoms with Crippen molar-refractivity contribution in [3.05, 3.63) is 24.3 Å². The minimum atomic E-state index is -0.415. The van der Waals surface area contributed by atoms with E-state index in [1.165, 1.54) is 283 Å². The third-order valence-electron chi connectivity index (χ3n) is 12.7. The number of allylic oxidation sites excluding steroid dienone is 3. The first kappa shape index (κ1) is 53.6. The molecule has 0 aromatic heterocycles. The normalized spacial score (nSPS) is 14.6. The van der Waals surface area contributed by atoms with Crippen molar-refractivity contribution < 1.29 is 14.3 Å². The van der Waals surface area contributed by atoms with Crippen molar-refractivity contribution in [2.75, 3.05) is 0 Å². The largest absolute Gasteiger partial charge is 0.393 e. The van der Waals surface area contributed by atoms with Crippen molar-refractivity contribution in [3.8, 4) is 0 Å². The molecule has 334 valence electrons. The number of cyclic esters (lactones) is 2. The van der Waals surface area contributed by atoms with E-state index in [4.69, 9.17) is 0 Å². The molecule has 1 saturated heterocycles. The van der Waals surface area contributed by atoms with E-state index in [0.717, 1.165) is 6.42 Å². The molecule has 1 fully saturated rings. The van der Waals surface area contributed by atoms with E-state index in [1.54, 1.807) is 6.08 Å². The number of carbonyl (C=O) groups is 2. The van der Waals surface area contributed by atoms with Crippen LogP contribution in [-0.2, 0) is 14.3 Å². The number of rotatable bonds is 47. The Hall–Kier alpha value is -1.38. The van der Waals surface area contributed by atoms with E-state index in [-0.39, 0.29) is 12.3 Å². The van der Waals surface area contributed by atoms with Gasteiger partial charge in [-0.05, 0) is 12.8 Å². The highest BCUT2D eigenvalue weighted by Crippen LogP contribution is 2.19. The Bertz CT molecular complexity index is 889. The van der Waals surface area contributed by atoms with Gasteiger partial charge in [0, 0.05) is 0 Å². The number of hydrogen-bond acceptors (Lipinski definition) is 3. The van der Waals surface area contributed by atoms with E-state index in [1.807, 2.05) is 12.2 Å². The van der Waals surface area contributed by atoms with Gasteiger partial charge in [0.1, 0.15) is 0 Å². The molecule has 0 aromatic rings. The van der Waals surface area contributed by atoms with Crippen molar-refractivity contribution in [1.29, 1.82) is 0 Å². The summed E-state index contributed by atoms with van der Waals surface area (Å²) in [7, 11) is 0. The molecular formula is C54H100O3. The van der Waals surface area contributed by atoms with E-state index in [9.17, 15) is 9.59 Å². The van der Waals surface area contributed by atoms with E-state index >= 15 is 0 Å². The minimum absolute atomic E-state index is 0.184. The molecule has 3 heteroatoms. The van der Waals surface area contributed by atoms with Crippen LogP contribution < -0.4 is 0 Å². The SMILES string of the molecule is CCCCCCCCCCCCCCCCCCCCCCCCCCCCCCCCCCCCCCCCCCCCCCC=CC=CC1CC(=O)OC1=O. The molecule has 0 spiro atoms. The smallest absolute Gasteiger partial charge is 0.321 e. The summed E-state index contributed by atoms with van der Waals surface area (Å²) in [4.78, 5) is 22.5. The molecule has 0 amide bonds. The van der Waals surface area contributed by atoms with Crippen LogP contribution in [0.4, 0.5) is 0 Å². The van der Waals surface area contributed by atoms with Crippen LogP contribution in [0.25, 0.3) is 0 Å². The number of ether oxygens (including phenoxy) is 1. The second-order valence-corrected chi connectivity index (χ2v) is 18.4. The fourth-order valence-electron chi connectivity index (χ4n) is 8.77. The number of esters is 2. The van der Waals surface area contributed by atoms with Crippen LogP contribution in [0.5, 0.6) is 0 Å². The van der Waals surface area contributed by atoms with Gasteiger partial charge < -0.3 is 4.74 Å². The molecule has 0 aliphatic carbocycles. The summed E-state index contributed by atoms with van der Waals surface area (Å²) in [5.74, 6) is -1.22. The molecule has 0 aromatic carbocycles. The van der Waals surface area contributed by atoms with Crippen LogP contribution in [0.15, 0.2) is 24.3 Å². The van der Waals surface area contributed by atoms with Crippen molar-refractivity contribution >= 4 is 11.9 Å². The van der Waals surface area contributed by atoms with Crippen molar-refractivity contribution in [1.82, 2.24) is 0 Å². The average Bonchev–Trinajstić information content (AvgIpc) is 3.54. The van der Waals surface area contributed by atoms with Crippen LogP contribution in [0.2, 0.25) is 0 Å². The quantitative estimate of drug-likeness (QED) is 0.0267. The van der Waals surface area contributed by atoms with Gasteiger partial charge >= 0.3 is 11.9 Å². The fourth-order valence-corrected chi connectivity index (χ4v) is 8.77. The molecule has 1 atom stereocenters. The first-order chi connectivity index (χ1) is 28.2. The summed E-state index contributed by atoms with van der Waals surface area (Å²) in [6.45, 7) is 2.31. The summed E-state index contributed by atoms with van der Waals surface area (Å²) in [5.41, 5.74) is 0. The molecule has 1 heterocycles. The van der Waals surface area contributed by atoms with Gasteiger partial charge in [-0.25, -0.2) is 0 Å². The summed E-state index contributed by atoms with van der Waals surface area (Å²) >= 11 is 0. The highest BCUT2D eigenvalue weighted by atomic mass is 16.6.